The van der Waals surface area contributed by atoms with Gasteiger partial charge < -0.3 is 10.3 Å². The molecule has 5 aromatic rings. The molecule has 0 unspecified atom stereocenters. The fourth-order valence-electron chi connectivity index (χ4n) is 3.30. The van der Waals surface area contributed by atoms with E-state index >= 15 is 0 Å². The van der Waals surface area contributed by atoms with Crippen molar-refractivity contribution < 1.29 is 0 Å². The van der Waals surface area contributed by atoms with Crippen LogP contribution < -0.4 is 5.32 Å². The molecule has 3 heterocycles. The molecule has 0 atom stereocenters. The summed E-state index contributed by atoms with van der Waals surface area (Å²) in [7, 11) is 0. The minimum Gasteiger partial charge on any atom is -0.353 e. The molecule has 0 radical (unpaired) electrons. The Morgan fingerprint density at radius 1 is 0.926 bits per heavy atom. The van der Waals surface area contributed by atoms with Crippen molar-refractivity contribution in [3.05, 3.63) is 78.0 Å². The number of rotatable bonds is 3. The Bertz CT molecular complexity index is 1250. The highest BCUT2D eigenvalue weighted by Gasteiger charge is 2.11. The second kappa shape index (κ2) is 5.99. The smallest absolute Gasteiger partial charge is 0.154 e. The van der Waals surface area contributed by atoms with Gasteiger partial charge in [0.1, 0.15) is 5.69 Å². The largest absolute Gasteiger partial charge is 0.353 e. The van der Waals surface area contributed by atoms with Crippen LogP contribution in [0.25, 0.3) is 27.9 Å². The van der Waals surface area contributed by atoms with E-state index in [1.807, 2.05) is 35.0 Å². The van der Waals surface area contributed by atoms with E-state index in [9.17, 15) is 0 Å². The van der Waals surface area contributed by atoms with Crippen LogP contribution in [0.1, 0.15) is 11.1 Å². The van der Waals surface area contributed by atoms with Gasteiger partial charge in [0, 0.05) is 16.6 Å². The van der Waals surface area contributed by atoms with Crippen molar-refractivity contribution in [1.82, 2.24) is 19.6 Å². The maximum absolute atomic E-state index is 4.75. The zero-order valence-electron chi connectivity index (χ0n) is 15.2. The average molecular weight is 353 g/mol. The van der Waals surface area contributed by atoms with Crippen LogP contribution in [0.2, 0.25) is 0 Å². The van der Waals surface area contributed by atoms with Crippen LogP contribution in [0.5, 0.6) is 0 Å². The van der Waals surface area contributed by atoms with Gasteiger partial charge in [-0.15, -0.1) is 5.10 Å². The molecule has 0 saturated heterocycles. The first kappa shape index (κ1) is 15.6. The predicted molar refractivity (Wildman–Crippen MR) is 109 cm³/mol. The standard InChI is InChI=1S/C22H19N5/c1-14-7-8-17(11-15(14)2)24-21-9-10-22-23-13-20(27(22)26-21)19-12-16-5-3-4-6-18(16)25-19/h3-13,25H,1-2H3,(H,24,26). The minimum atomic E-state index is 0.779. The zero-order chi connectivity index (χ0) is 18.4. The molecular weight excluding hydrogens is 334 g/mol. The Balaban J connectivity index is 1.56. The van der Waals surface area contributed by atoms with Gasteiger partial charge in [-0.1, -0.05) is 24.3 Å². The first-order valence-electron chi connectivity index (χ1n) is 8.94. The SMILES string of the molecule is Cc1ccc(Nc2ccc3ncc(-c4cc5ccccc5[nH]4)n3n2)cc1C. The first-order valence-corrected chi connectivity index (χ1v) is 8.94. The maximum Gasteiger partial charge on any atom is 0.154 e. The Morgan fingerprint density at radius 2 is 1.81 bits per heavy atom. The van der Waals surface area contributed by atoms with Crippen LogP contribution in [-0.4, -0.2) is 19.6 Å². The summed E-state index contributed by atoms with van der Waals surface area (Å²) in [6, 6.07) is 20.6. The van der Waals surface area contributed by atoms with E-state index in [-0.39, 0.29) is 0 Å². The van der Waals surface area contributed by atoms with Crippen LogP contribution in [0.4, 0.5) is 11.5 Å². The van der Waals surface area contributed by atoms with Gasteiger partial charge in [0.25, 0.3) is 0 Å². The maximum atomic E-state index is 4.75. The van der Waals surface area contributed by atoms with E-state index in [1.165, 1.54) is 16.5 Å². The van der Waals surface area contributed by atoms with Crippen molar-refractivity contribution >= 4 is 28.1 Å². The molecule has 0 amide bonds. The number of nitrogens with zero attached hydrogens (tertiary/aromatic N) is 3. The summed E-state index contributed by atoms with van der Waals surface area (Å²) in [6.07, 6.45) is 1.85. The highest BCUT2D eigenvalue weighted by atomic mass is 15.3. The molecule has 27 heavy (non-hydrogen) atoms. The molecule has 2 N–H and O–H groups in total. The third-order valence-corrected chi connectivity index (χ3v) is 4.95. The molecule has 0 fully saturated rings. The fourth-order valence-corrected chi connectivity index (χ4v) is 3.30. The number of aryl methyl sites for hydroxylation is 2. The van der Waals surface area contributed by atoms with Crippen molar-refractivity contribution in [2.24, 2.45) is 0 Å². The lowest BCUT2D eigenvalue weighted by Gasteiger charge is -2.09. The van der Waals surface area contributed by atoms with Gasteiger partial charge in [0.05, 0.1) is 11.9 Å². The highest BCUT2D eigenvalue weighted by molar-refractivity contribution is 5.85. The summed E-state index contributed by atoms with van der Waals surface area (Å²) in [5.41, 5.74) is 7.41. The van der Waals surface area contributed by atoms with Crippen LogP contribution >= 0.6 is 0 Å². The van der Waals surface area contributed by atoms with Crippen LogP contribution in [0, 0.1) is 13.8 Å². The van der Waals surface area contributed by atoms with E-state index < -0.39 is 0 Å². The molecule has 5 rings (SSSR count). The van der Waals surface area contributed by atoms with E-state index in [0.29, 0.717) is 0 Å². The van der Waals surface area contributed by atoms with E-state index in [2.05, 4.69) is 65.5 Å². The topological polar surface area (TPSA) is 58.0 Å². The molecule has 2 aromatic carbocycles. The number of hydrogen-bond donors (Lipinski definition) is 2. The number of aromatic amines is 1. The van der Waals surface area contributed by atoms with Crippen molar-refractivity contribution in [2.45, 2.75) is 13.8 Å². The van der Waals surface area contributed by atoms with Gasteiger partial charge in [-0.05, 0) is 61.4 Å². The number of anilines is 2. The molecule has 0 saturated carbocycles. The second-order valence-corrected chi connectivity index (χ2v) is 6.83. The van der Waals surface area contributed by atoms with Crippen molar-refractivity contribution in [3.63, 3.8) is 0 Å². The number of H-pyrrole nitrogens is 1. The highest BCUT2D eigenvalue weighted by Crippen LogP contribution is 2.25. The van der Waals surface area contributed by atoms with Gasteiger partial charge in [-0.25, -0.2) is 9.50 Å². The Morgan fingerprint density at radius 3 is 2.67 bits per heavy atom. The third kappa shape index (κ3) is 2.73. The van der Waals surface area contributed by atoms with Gasteiger partial charge in [0.15, 0.2) is 11.5 Å². The summed E-state index contributed by atoms with van der Waals surface area (Å²) in [5.74, 6) is 0.779. The molecule has 0 bridgehead atoms. The predicted octanol–water partition coefficient (Wildman–Crippen LogP) is 5.24. The zero-order valence-corrected chi connectivity index (χ0v) is 15.2. The summed E-state index contributed by atoms with van der Waals surface area (Å²) in [5, 5.41) is 9.31. The molecular formula is C22H19N5. The van der Waals surface area contributed by atoms with Gasteiger partial charge in [-0.2, -0.15) is 0 Å². The van der Waals surface area contributed by atoms with Crippen LogP contribution in [0.15, 0.2) is 66.9 Å². The summed E-state index contributed by atoms with van der Waals surface area (Å²) < 4.78 is 1.87. The molecule has 0 aliphatic rings. The minimum absolute atomic E-state index is 0.779. The monoisotopic (exact) mass is 353 g/mol. The van der Waals surface area contributed by atoms with E-state index in [4.69, 9.17) is 5.10 Å². The Hall–Kier alpha value is -3.60. The number of fused-ring (bicyclic) bond motifs is 2. The van der Waals surface area contributed by atoms with Crippen molar-refractivity contribution in [2.75, 3.05) is 5.32 Å². The molecule has 0 spiro atoms. The molecule has 3 aromatic heterocycles. The number of aromatic nitrogens is 4. The lowest BCUT2D eigenvalue weighted by molar-refractivity contribution is 0.945. The molecule has 5 heteroatoms. The number of hydrogen-bond acceptors (Lipinski definition) is 3. The van der Waals surface area contributed by atoms with Crippen LogP contribution in [-0.2, 0) is 0 Å². The fraction of sp³-hybridized carbons (Fsp3) is 0.0909. The van der Waals surface area contributed by atoms with Crippen LogP contribution in [0.3, 0.4) is 0 Å². The quantitative estimate of drug-likeness (QED) is 0.466. The number of imidazole rings is 1. The second-order valence-electron chi connectivity index (χ2n) is 6.83. The molecule has 5 nitrogen and oxygen atoms in total. The van der Waals surface area contributed by atoms with E-state index in [1.54, 1.807) is 0 Å². The molecule has 0 aliphatic heterocycles. The third-order valence-electron chi connectivity index (χ3n) is 4.95. The summed E-state index contributed by atoms with van der Waals surface area (Å²) in [4.78, 5) is 7.94. The molecule has 132 valence electrons. The normalized spacial score (nSPS) is 11.3. The average Bonchev–Trinajstić information content (AvgIpc) is 3.28. The summed E-state index contributed by atoms with van der Waals surface area (Å²) in [6.45, 7) is 4.22. The number of nitrogens with one attached hydrogen (secondary N) is 2. The van der Waals surface area contributed by atoms with Crippen molar-refractivity contribution in [3.8, 4) is 11.4 Å². The number of benzene rings is 2. The first-order chi connectivity index (χ1) is 13.2. The van der Waals surface area contributed by atoms with Crippen molar-refractivity contribution in [1.29, 1.82) is 0 Å². The van der Waals surface area contributed by atoms with Gasteiger partial charge in [-0.3, -0.25) is 0 Å². The van der Waals surface area contributed by atoms with E-state index in [0.717, 1.165) is 34.1 Å². The lowest BCUT2D eigenvalue weighted by atomic mass is 10.1. The Kier molecular flexibility index (Phi) is 3.47. The number of para-hydroxylation sites is 1. The Labute approximate surface area is 156 Å². The van der Waals surface area contributed by atoms with Gasteiger partial charge in [0.2, 0.25) is 0 Å². The molecule has 0 aliphatic carbocycles. The van der Waals surface area contributed by atoms with Gasteiger partial charge >= 0.3 is 0 Å². The lowest BCUT2D eigenvalue weighted by Crippen LogP contribution is -2.00. The summed E-state index contributed by atoms with van der Waals surface area (Å²) >= 11 is 0.